The number of hydrogen-bond donors (Lipinski definition) is 3. The largest absolute Gasteiger partial charge is 0.478 e. The van der Waals surface area contributed by atoms with Crippen molar-refractivity contribution in [2.45, 2.75) is 12.8 Å². The summed E-state index contributed by atoms with van der Waals surface area (Å²) in [5, 5.41) is 11.9. The molecular formula is C16H19N5O2. The Kier molecular flexibility index (Phi) is 6.19. The van der Waals surface area contributed by atoms with Crippen molar-refractivity contribution < 1.29 is 9.90 Å². The van der Waals surface area contributed by atoms with Crippen LogP contribution in [0.15, 0.2) is 36.9 Å². The highest BCUT2D eigenvalue weighted by Crippen LogP contribution is 2.18. The highest BCUT2D eigenvalue weighted by molar-refractivity contribution is 5.85. The van der Waals surface area contributed by atoms with Crippen molar-refractivity contribution in [1.29, 1.82) is 0 Å². The lowest BCUT2D eigenvalue weighted by Gasteiger charge is -2.07. The molecule has 0 atom stereocenters. The third-order valence-electron chi connectivity index (χ3n) is 3.05. The summed E-state index contributed by atoms with van der Waals surface area (Å²) in [6.07, 6.45) is 11.1. The highest BCUT2D eigenvalue weighted by atomic mass is 16.4. The first-order valence-electron chi connectivity index (χ1n) is 7.31. The van der Waals surface area contributed by atoms with E-state index in [1.165, 1.54) is 6.08 Å². The van der Waals surface area contributed by atoms with E-state index in [4.69, 9.17) is 10.8 Å². The second-order valence-electron chi connectivity index (χ2n) is 4.89. The number of nitrogens with one attached hydrogen (secondary N) is 1. The van der Waals surface area contributed by atoms with Gasteiger partial charge in [0, 0.05) is 30.6 Å². The van der Waals surface area contributed by atoms with Crippen molar-refractivity contribution in [3.63, 3.8) is 0 Å². The fraction of sp³-hybridized carbons (Fsp3) is 0.250. The van der Waals surface area contributed by atoms with Gasteiger partial charge in [0.05, 0.1) is 18.1 Å². The smallest absolute Gasteiger partial charge is 0.328 e. The summed E-state index contributed by atoms with van der Waals surface area (Å²) in [7, 11) is 0. The lowest BCUT2D eigenvalue weighted by molar-refractivity contribution is -0.131. The molecule has 2 rings (SSSR count). The zero-order valence-corrected chi connectivity index (χ0v) is 12.6. The molecule has 2 aromatic heterocycles. The number of aliphatic carboxylic acids is 1. The summed E-state index contributed by atoms with van der Waals surface area (Å²) in [5.41, 5.74) is 7.60. The maximum absolute atomic E-state index is 10.6. The Morgan fingerprint density at radius 3 is 2.83 bits per heavy atom. The molecule has 4 N–H and O–H groups in total. The van der Waals surface area contributed by atoms with Crippen LogP contribution in [0.4, 0.5) is 5.82 Å². The van der Waals surface area contributed by atoms with Gasteiger partial charge >= 0.3 is 5.97 Å². The first-order valence-corrected chi connectivity index (χ1v) is 7.31. The van der Waals surface area contributed by atoms with E-state index in [0.29, 0.717) is 23.6 Å². The second kappa shape index (κ2) is 8.60. The Balaban J connectivity index is 2.12. The van der Waals surface area contributed by atoms with Crippen molar-refractivity contribution in [3.05, 3.63) is 42.5 Å². The van der Waals surface area contributed by atoms with Gasteiger partial charge in [-0.25, -0.2) is 9.78 Å². The van der Waals surface area contributed by atoms with Crippen molar-refractivity contribution in [2.75, 3.05) is 18.4 Å². The van der Waals surface area contributed by atoms with E-state index in [-0.39, 0.29) is 0 Å². The molecule has 0 saturated carbocycles. The fourth-order valence-corrected chi connectivity index (χ4v) is 1.93. The molecule has 0 spiro atoms. The van der Waals surface area contributed by atoms with Gasteiger partial charge in [0.2, 0.25) is 0 Å². The molecule has 7 heteroatoms. The number of unbranched alkanes of at least 4 members (excludes halogenated alkanes) is 1. The molecular weight excluding hydrogens is 294 g/mol. The molecule has 0 unspecified atom stereocenters. The molecule has 0 bridgehead atoms. The summed E-state index contributed by atoms with van der Waals surface area (Å²) < 4.78 is 0. The van der Waals surface area contributed by atoms with E-state index in [1.807, 2.05) is 6.07 Å². The van der Waals surface area contributed by atoms with Crippen LogP contribution in [0.1, 0.15) is 18.4 Å². The Morgan fingerprint density at radius 2 is 2.04 bits per heavy atom. The van der Waals surface area contributed by atoms with E-state index < -0.39 is 5.97 Å². The molecule has 0 amide bonds. The van der Waals surface area contributed by atoms with Gasteiger partial charge in [-0.1, -0.05) is 0 Å². The van der Waals surface area contributed by atoms with Gasteiger partial charge in [-0.05, 0) is 37.1 Å². The molecule has 23 heavy (non-hydrogen) atoms. The van der Waals surface area contributed by atoms with E-state index in [0.717, 1.165) is 31.0 Å². The molecule has 7 nitrogen and oxygen atoms in total. The molecule has 0 aromatic carbocycles. The average Bonchev–Trinajstić information content (AvgIpc) is 2.57. The van der Waals surface area contributed by atoms with Gasteiger partial charge in [0.25, 0.3) is 0 Å². The minimum atomic E-state index is -1.00. The predicted molar refractivity (Wildman–Crippen MR) is 88.7 cm³/mol. The quantitative estimate of drug-likeness (QED) is 0.503. The molecule has 2 heterocycles. The number of nitrogens with two attached hydrogens (primary N) is 1. The Hall–Kier alpha value is -2.80. The van der Waals surface area contributed by atoms with Crippen LogP contribution < -0.4 is 11.1 Å². The number of carbonyl (C=O) groups is 1. The van der Waals surface area contributed by atoms with Gasteiger partial charge in [0.15, 0.2) is 0 Å². The van der Waals surface area contributed by atoms with Crippen molar-refractivity contribution in [1.82, 2.24) is 15.0 Å². The number of nitrogens with zero attached hydrogens (tertiary/aromatic N) is 3. The Labute approximate surface area is 134 Å². The molecule has 120 valence electrons. The molecule has 0 aliphatic rings. The molecule has 0 radical (unpaired) electrons. The number of hydrogen-bond acceptors (Lipinski definition) is 6. The maximum atomic E-state index is 10.6. The Morgan fingerprint density at radius 1 is 1.22 bits per heavy atom. The van der Waals surface area contributed by atoms with Crippen molar-refractivity contribution in [2.24, 2.45) is 5.73 Å². The van der Waals surface area contributed by atoms with Crippen LogP contribution in [0, 0.1) is 0 Å². The average molecular weight is 313 g/mol. The summed E-state index contributed by atoms with van der Waals surface area (Å²) in [4.78, 5) is 23.3. The predicted octanol–water partition coefficient (Wildman–Crippen LogP) is 1.79. The van der Waals surface area contributed by atoms with Crippen LogP contribution >= 0.6 is 0 Å². The molecule has 2 aromatic rings. The van der Waals surface area contributed by atoms with Crippen LogP contribution in [0.3, 0.4) is 0 Å². The fourth-order valence-electron chi connectivity index (χ4n) is 1.93. The number of aromatic nitrogens is 3. The number of pyridine rings is 1. The first-order chi connectivity index (χ1) is 11.2. The zero-order chi connectivity index (χ0) is 16.5. The maximum Gasteiger partial charge on any atom is 0.328 e. The third kappa shape index (κ3) is 5.48. The van der Waals surface area contributed by atoms with Gasteiger partial charge in [-0.3, -0.25) is 9.97 Å². The van der Waals surface area contributed by atoms with Crippen LogP contribution in [-0.2, 0) is 4.79 Å². The van der Waals surface area contributed by atoms with Gasteiger partial charge in [-0.2, -0.15) is 0 Å². The van der Waals surface area contributed by atoms with Gasteiger partial charge in [0.1, 0.15) is 5.82 Å². The second-order valence-corrected chi connectivity index (χ2v) is 4.89. The van der Waals surface area contributed by atoms with Crippen LogP contribution in [-0.4, -0.2) is 39.1 Å². The van der Waals surface area contributed by atoms with Gasteiger partial charge < -0.3 is 16.2 Å². The highest BCUT2D eigenvalue weighted by Gasteiger charge is 2.03. The SMILES string of the molecule is NCCCCNc1cncc(-c2cncc(/C=C/C(=O)O)c2)n1. The summed E-state index contributed by atoms with van der Waals surface area (Å²) in [6.45, 7) is 1.46. The minimum Gasteiger partial charge on any atom is -0.478 e. The van der Waals surface area contributed by atoms with Crippen molar-refractivity contribution in [3.8, 4) is 11.3 Å². The normalized spacial score (nSPS) is 10.8. The summed E-state index contributed by atoms with van der Waals surface area (Å²) in [5.74, 6) is -0.315. The lowest BCUT2D eigenvalue weighted by atomic mass is 10.1. The number of carboxylic acids is 1. The van der Waals surface area contributed by atoms with E-state index in [9.17, 15) is 4.79 Å². The van der Waals surface area contributed by atoms with Crippen LogP contribution in [0.2, 0.25) is 0 Å². The topological polar surface area (TPSA) is 114 Å². The van der Waals surface area contributed by atoms with E-state index in [2.05, 4.69) is 20.3 Å². The molecule has 0 aliphatic heterocycles. The zero-order valence-electron chi connectivity index (χ0n) is 12.6. The summed E-state index contributed by atoms with van der Waals surface area (Å²) >= 11 is 0. The number of carboxylic acid groups (broad SMARTS) is 1. The first kappa shape index (κ1) is 16.6. The minimum absolute atomic E-state index is 0.673. The van der Waals surface area contributed by atoms with Crippen LogP contribution in [0.25, 0.3) is 17.3 Å². The van der Waals surface area contributed by atoms with Crippen LogP contribution in [0.5, 0.6) is 0 Å². The monoisotopic (exact) mass is 313 g/mol. The number of anilines is 1. The molecule has 0 aliphatic carbocycles. The van der Waals surface area contributed by atoms with Crippen molar-refractivity contribution >= 4 is 17.9 Å². The third-order valence-corrected chi connectivity index (χ3v) is 3.05. The van der Waals surface area contributed by atoms with E-state index in [1.54, 1.807) is 24.8 Å². The van der Waals surface area contributed by atoms with Gasteiger partial charge in [-0.15, -0.1) is 0 Å². The molecule has 0 fully saturated rings. The summed E-state index contributed by atoms with van der Waals surface area (Å²) in [6, 6.07) is 1.81. The standard InChI is InChI=1S/C16H19N5O2/c17-5-1-2-6-20-15-11-19-10-14(21-15)13-7-12(8-18-9-13)3-4-16(22)23/h3-4,7-11H,1-2,5-6,17H2,(H,20,21)(H,22,23)/b4-3+. The van der Waals surface area contributed by atoms with E-state index >= 15 is 0 Å². The number of rotatable bonds is 8. The Bertz CT molecular complexity index is 688. The lowest BCUT2D eigenvalue weighted by Crippen LogP contribution is -2.07. The molecule has 0 saturated heterocycles.